The Morgan fingerprint density at radius 1 is 1.11 bits per heavy atom. The number of esters is 2. The molecular formula is C24H31N5O6S. The fourth-order valence-corrected chi connectivity index (χ4v) is 4.64. The highest BCUT2D eigenvalue weighted by molar-refractivity contribution is 7.14. The van der Waals surface area contributed by atoms with Gasteiger partial charge in [0, 0.05) is 17.0 Å². The number of H-pyrrole nitrogens is 2. The van der Waals surface area contributed by atoms with Crippen LogP contribution in [-0.4, -0.2) is 52.1 Å². The summed E-state index contributed by atoms with van der Waals surface area (Å²) in [4.78, 5) is 59.8. The van der Waals surface area contributed by atoms with E-state index in [0.717, 1.165) is 36.3 Å². The number of fused-ring (bicyclic) bond motifs is 1. The van der Waals surface area contributed by atoms with E-state index in [0.29, 0.717) is 15.9 Å². The second-order valence-electron chi connectivity index (χ2n) is 8.10. The standard InChI is InChI=1S/C24H31N5O6S/c1-3-34-19(30)12-10-17(23(33)35-4-2)27-22(32)18-11-9-15(36-18)8-6-5-7-14-13-16-20(26-14)28-24(25)29-21(16)31/h9,11,13,17H,3-8,10,12H2,1-2H3,(H,27,32)(H4,25,26,28,29,31)/t17-/m0/s1. The number of hydrogen-bond acceptors (Lipinski definition) is 9. The molecule has 3 rings (SSSR count). The zero-order valence-electron chi connectivity index (χ0n) is 20.3. The first kappa shape index (κ1) is 26.9. The molecule has 0 aliphatic rings. The summed E-state index contributed by atoms with van der Waals surface area (Å²) < 4.78 is 9.94. The van der Waals surface area contributed by atoms with Crippen molar-refractivity contribution in [2.24, 2.45) is 0 Å². The zero-order valence-corrected chi connectivity index (χ0v) is 21.2. The summed E-state index contributed by atoms with van der Waals surface area (Å²) in [7, 11) is 0. The first-order chi connectivity index (χ1) is 17.3. The van der Waals surface area contributed by atoms with Gasteiger partial charge in [0.05, 0.1) is 23.5 Å². The molecule has 12 heteroatoms. The normalized spacial score (nSPS) is 11.8. The number of nitrogen functional groups attached to an aromatic ring is 1. The van der Waals surface area contributed by atoms with Gasteiger partial charge in [-0.15, -0.1) is 11.3 Å². The van der Waals surface area contributed by atoms with Gasteiger partial charge in [-0.1, -0.05) is 0 Å². The maximum atomic E-state index is 12.7. The molecular weight excluding hydrogens is 486 g/mol. The SMILES string of the molecule is CCOC(=O)CC[C@H](NC(=O)c1ccc(CCCCc2cc3c(=O)[nH]c(N)nc3[nH]2)s1)C(=O)OCC. The number of hydrogen-bond donors (Lipinski definition) is 4. The van der Waals surface area contributed by atoms with Gasteiger partial charge in [-0.3, -0.25) is 19.4 Å². The van der Waals surface area contributed by atoms with E-state index in [1.54, 1.807) is 26.0 Å². The molecule has 0 fully saturated rings. The number of rotatable bonds is 13. The Morgan fingerprint density at radius 3 is 2.61 bits per heavy atom. The van der Waals surface area contributed by atoms with Crippen molar-refractivity contribution < 1.29 is 23.9 Å². The Morgan fingerprint density at radius 2 is 1.86 bits per heavy atom. The highest BCUT2D eigenvalue weighted by Gasteiger charge is 2.24. The zero-order chi connectivity index (χ0) is 26.1. The molecule has 1 atom stereocenters. The Labute approximate surface area is 211 Å². The molecule has 1 amide bonds. The molecule has 11 nitrogen and oxygen atoms in total. The van der Waals surface area contributed by atoms with Gasteiger partial charge in [0.25, 0.3) is 11.5 Å². The first-order valence-corrected chi connectivity index (χ1v) is 12.7. The minimum absolute atomic E-state index is 0.00148. The average Bonchev–Trinajstić information content (AvgIpc) is 3.47. The fraction of sp³-hybridized carbons (Fsp3) is 0.458. The Balaban J connectivity index is 1.50. The van der Waals surface area contributed by atoms with Crippen LogP contribution >= 0.6 is 11.3 Å². The Kier molecular flexibility index (Phi) is 9.62. The number of carbonyl (C=O) groups excluding carboxylic acids is 3. The molecule has 0 aromatic carbocycles. The molecule has 3 aromatic heterocycles. The molecule has 0 aliphatic carbocycles. The molecule has 0 unspecified atom stereocenters. The van der Waals surface area contributed by atoms with Gasteiger partial charge in [-0.2, -0.15) is 4.98 Å². The molecule has 0 saturated carbocycles. The van der Waals surface area contributed by atoms with Crippen LogP contribution in [-0.2, 0) is 31.9 Å². The van der Waals surface area contributed by atoms with Crippen LogP contribution in [0.25, 0.3) is 11.0 Å². The highest BCUT2D eigenvalue weighted by atomic mass is 32.1. The predicted molar refractivity (Wildman–Crippen MR) is 136 cm³/mol. The maximum Gasteiger partial charge on any atom is 0.328 e. The van der Waals surface area contributed by atoms with Crippen LogP contribution in [0.1, 0.15) is 59.8 Å². The topological polar surface area (TPSA) is 169 Å². The number of nitrogens with two attached hydrogens (primary N) is 1. The summed E-state index contributed by atoms with van der Waals surface area (Å²) in [5.74, 6) is -1.32. The van der Waals surface area contributed by atoms with E-state index >= 15 is 0 Å². The van der Waals surface area contributed by atoms with E-state index in [1.165, 1.54) is 11.3 Å². The van der Waals surface area contributed by atoms with E-state index in [9.17, 15) is 19.2 Å². The summed E-state index contributed by atoms with van der Waals surface area (Å²) in [6.45, 7) is 3.81. The van der Waals surface area contributed by atoms with Crippen molar-refractivity contribution >= 4 is 46.2 Å². The first-order valence-electron chi connectivity index (χ1n) is 11.9. The number of unbranched alkanes of at least 4 members (excludes halogenated alkanes) is 1. The number of amides is 1. The summed E-state index contributed by atoms with van der Waals surface area (Å²) in [5, 5.41) is 3.16. The molecule has 0 radical (unpaired) electrons. The van der Waals surface area contributed by atoms with Gasteiger partial charge >= 0.3 is 11.9 Å². The minimum Gasteiger partial charge on any atom is -0.466 e. The van der Waals surface area contributed by atoms with Gasteiger partial charge in [0.2, 0.25) is 5.95 Å². The molecule has 36 heavy (non-hydrogen) atoms. The van der Waals surface area contributed by atoms with Gasteiger partial charge in [-0.05, 0) is 64.2 Å². The number of anilines is 1. The quantitative estimate of drug-likeness (QED) is 0.198. The molecule has 5 N–H and O–H groups in total. The lowest BCUT2D eigenvalue weighted by Gasteiger charge is -2.16. The lowest BCUT2D eigenvalue weighted by atomic mass is 10.1. The number of carbonyl (C=O) groups is 3. The van der Waals surface area contributed by atoms with Crippen LogP contribution in [0.2, 0.25) is 0 Å². The molecule has 0 saturated heterocycles. The van der Waals surface area contributed by atoms with Gasteiger partial charge in [-0.25, -0.2) is 4.79 Å². The van der Waals surface area contributed by atoms with Crippen LogP contribution in [0.3, 0.4) is 0 Å². The fourth-order valence-electron chi connectivity index (χ4n) is 3.69. The highest BCUT2D eigenvalue weighted by Crippen LogP contribution is 2.20. The van der Waals surface area contributed by atoms with Crippen LogP contribution in [0.5, 0.6) is 0 Å². The van der Waals surface area contributed by atoms with Crippen molar-refractivity contribution in [1.82, 2.24) is 20.3 Å². The maximum absolute atomic E-state index is 12.7. The summed E-state index contributed by atoms with van der Waals surface area (Å²) in [5.41, 5.74) is 6.70. The number of aromatic nitrogens is 3. The van der Waals surface area contributed by atoms with Crippen molar-refractivity contribution in [3.63, 3.8) is 0 Å². The molecule has 0 bridgehead atoms. The number of ether oxygens (including phenoxy) is 2. The van der Waals surface area contributed by atoms with E-state index < -0.39 is 18.0 Å². The van der Waals surface area contributed by atoms with Crippen LogP contribution in [0.4, 0.5) is 5.95 Å². The largest absolute Gasteiger partial charge is 0.466 e. The summed E-state index contributed by atoms with van der Waals surface area (Å²) in [6.07, 6.45) is 3.39. The molecule has 0 aliphatic heterocycles. The lowest BCUT2D eigenvalue weighted by Crippen LogP contribution is -2.42. The van der Waals surface area contributed by atoms with Crippen molar-refractivity contribution in [3.05, 3.63) is 44.0 Å². The van der Waals surface area contributed by atoms with Gasteiger partial charge in [0.15, 0.2) is 0 Å². The molecule has 0 spiro atoms. The van der Waals surface area contributed by atoms with Crippen molar-refractivity contribution in [2.75, 3.05) is 18.9 Å². The van der Waals surface area contributed by atoms with Crippen LogP contribution < -0.4 is 16.6 Å². The van der Waals surface area contributed by atoms with Gasteiger partial charge < -0.3 is 25.5 Å². The number of nitrogens with one attached hydrogen (secondary N) is 3. The average molecular weight is 518 g/mol. The monoisotopic (exact) mass is 517 g/mol. The lowest BCUT2D eigenvalue weighted by molar-refractivity contribution is -0.146. The van der Waals surface area contributed by atoms with E-state index in [2.05, 4.69) is 20.3 Å². The third kappa shape index (κ3) is 7.41. The van der Waals surface area contributed by atoms with Gasteiger partial charge in [0.1, 0.15) is 11.7 Å². The van der Waals surface area contributed by atoms with Crippen molar-refractivity contribution in [3.8, 4) is 0 Å². The smallest absolute Gasteiger partial charge is 0.328 e. The summed E-state index contributed by atoms with van der Waals surface area (Å²) in [6, 6.07) is 4.48. The number of nitrogens with zero attached hydrogens (tertiary/aromatic N) is 1. The Bertz CT molecular complexity index is 1260. The summed E-state index contributed by atoms with van der Waals surface area (Å²) >= 11 is 1.36. The van der Waals surface area contributed by atoms with Crippen molar-refractivity contribution in [1.29, 1.82) is 0 Å². The molecule has 194 valence electrons. The molecule has 3 heterocycles. The Hall–Kier alpha value is -3.67. The van der Waals surface area contributed by atoms with Crippen molar-refractivity contribution in [2.45, 2.75) is 58.4 Å². The third-order valence-electron chi connectivity index (χ3n) is 5.39. The van der Waals surface area contributed by atoms with E-state index in [4.69, 9.17) is 15.2 Å². The van der Waals surface area contributed by atoms with Crippen LogP contribution in [0, 0.1) is 0 Å². The predicted octanol–water partition coefficient (Wildman–Crippen LogP) is 2.47. The second kappa shape index (κ2) is 12.9. The minimum atomic E-state index is -0.930. The number of aromatic amines is 2. The van der Waals surface area contributed by atoms with Crippen LogP contribution in [0.15, 0.2) is 23.0 Å². The number of thiophene rings is 1. The van der Waals surface area contributed by atoms with E-state index in [-0.39, 0.29) is 43.5 Å². The third-order valence-corrected chi connectivity index (χ3v) is 6.54. The second-order valence-corrected chi connectivity index (χ2v) is 9.27. The molecule has 3 aromatic rings. The van der Waals surface area contributed by atoms with E-state index in [1.807, 2.05) is 6.07 Å². The number of aryl methyl sites for hydroxylation is 2.